The van der Waals surface area contributed by atoms with Gasteiger partial charge in [0.1, 0.15) is 5.76 Å². The first-order valence-electron chi connectivity index (χ1n) is 9.34. The van der Waals surface area contributed by atoms with E-state index in [4.69, 9.17) is 9.15 Å². The van der Waals surface area contributed by atoms with Crippen LogP contribution in [0.15, 0.2) is 28.7 Å². The Labute approximate surface area is 157 Å². The highest BCUT2D eigenvalue weighted by atomic mass is 19.4. The molecule has 2 aromatic rings. The lowest BCUT2D eigenvalue weighted by Crippen LogP contribution is -2.32. The number of oxazole rings is 1. The van der Waals surface area contributed by atoms with Crippen molar-refractivity contribution in [3.8, 4) is 11.5 Å². The third-order valence-electron chi connectivity index (χ3n) is 4.73. The molecule has 27 heavy (non-hydrogen) atoms. The summed E-state index contributed by atoms with van der Waals surface area (Å²) in [4.78, 5) is 6.76. The average Bonchev–Trinajstić information content (AvgIpc) is 3.25. The third kappa shape index (κ3) is 5.11. The van der Waals surface area contributed by atoms with Gasteiger partial charge >= 0.3 is 6.18 Å². The van der Waals surface area contributed by atoms with Crippen molar-refractivity contribution in [1.29, 1.82) is 0 Å². The van der Waals surface area contributed by atoms with Crippen molar-refractivity contribution in [2.75, 3.05) is 19.7 Å². The highest BCUT2D eigenvalue weighted by molar-refractivity contribution is 5.55. The fraction of sp³-hybridized carbons (Fsp3) is 0.550. The Kier molecular flexibility index (Phi) is 6.22. The van der Waals surface area contributed by atoms with Gasteiger partial charge in [-0.15, -0.1) is 0 Å². The van der Waals surface area contributed by atoms with E-state index in [1.54, 1.807) is 13.0 Å². The van der Waals surface area contributed by atoms with E-state index in [0.717, 1.165) is 56.8 Å². The normalized spacial score (nSPS) is 17.8. The van der Waals surface area contributed by atoms with Gasteiger partial charge < -0.3 is 9.15 Å². The molecule has 1 unspecified atom stereocenters. The first kappa shape index (κ1) is 19.9. The molecular formula is C20H25F3N2O2. The van der Waals surface area contributed by atoms with Crippen molar-refractivity contribution in [2.45, 2.75) is 51.9 Å². The Balaban J connectivity index is 1.77. The standard InChI is InChI=1S/C20H25F3N2O2/c1-3-9-25(12-17-8-5-10-26-17)13-18-14(2)27-19(24-18)15-6-4-7-16(11-15)20(21,22)23/h4,6-7,11,17H,3,5,8-10,12-13H2,1-2H3. The van der Waals surface area contributed by atoms with Crippen LogP contribution in [-0.2, 0) is 17.5 Å². The molecule has 2 heterocycles. The molecule has 1 aliphatic rings. The number of nitrogens with zero attached hydrogens (tertiary/aromatic N) is 2. The Morgan fingerprint density at radius 1 is 1.30 bits per heavy atom. The first-order valence-corrected chi connectivity index (χ1v) is 9.34. The van der Waals surface area contributed by atoms with Crippen LogP contribution in [0.2, 0.25) is 0 Å². The fourth-order valence-corrected chi connectivity index (χ4v) is 3.37. The number of hydrogen-bond acceptors (Lipinski definition) is 4. The second-order valence-corrected chi connectivity index (χ2v) is 6.97. The number of rotatable bonds is 7. The van der Waals surface area contributed by atoms with E-state index < -0.39 is 11.7 Å². The van der Waals surface area contributed by atoms with Crippen LogP contribution in [-0.4, -0.2) is 35.7 Å². The number of halogens is 3. The van der Waals surface area contributed by atoms with E-state index in [2.05, 4.69) is 16.8 Å². The van der Waals surface area contributed by atoms with Crippen LogP contribution in [0, 0.1) is 6.92 Å². The van der Waals surface area contributed by atoms with Crippen LogP contribution in [0.25, 0.3) is 11.5 Å². The number of hydrogen-bond donors (Lipinski definition) is 0. The molecule has 148 valence electrons. The predicted molar refractivity (Wildman–Crippen MR) is 96.2 cm³/mol. The summed E-state index contributed by atoms with van der Waals surface area (Å²) in [5.74, 6) is 0.859. The van der Waals surface area contributed by atoms with Gasteiger partial charge in [0.25, 0.3) is 0 Å². The summed E-state index contributed by atoms with van der Waals surface area (Å²) >= 11 is 0. The minimum atomic E-state index is -4.39. The van der Waals surface area contributed by atoms with Crippen molar-refractivity contribution in [3.63, 3.8) is 0 Å². The lowest BCUT2D eigenvalue weighted by Gasteiger charge is -2.23. The zero-order valence-corrected chi connectivity index (χ0v) is 15.7. The van der Waals surface area contributed by atoms with Crippen molar-refractivity contribution in [3.05, 3.63) is 41.3 Å². The van der Waals surface area contributed by atoms with Gasteiger partial charge in [0, 0.05) is 25.3 Å². The summed E-state index contributed by atoms with van der Waals surface area (Å²) in [6.07, 6.45) is -0.989. The number of aromatic nitrogens is 1. The van der Waals surface area contributed by atoms with Gasteiger partial charge in [-0.25, -0.2) is 4.98 Å². The molecule has 1 saturated heterocycles. The minimum Gasteiger partial charge on any atom is -0.441 e. The minimum absolute atomic E-state index is 0.224. The van der Waals surface area contributed by atoms with Crippen LogP contribution >= 0.6 is 0 Å². The molecule has 1 atom stereocenters. The van der Waals surface area contributed by atoms with Gasteiger partial charge in [-0.1, -0.05) is 13.0 Å². The summed E-state index contributed by atoms with van der Waals surface area (Å²) in [5.41, 5.74) is 0.387. The second kappa shape index (κ2) is 8.44. The van der Waals surface area contributed by atoms with Crippen molar-refractivity contribution >= 4 is 0 Å². The molecule has 0 N–H and O–H groups in total. The molecule has 0 bridgehead atoms. The van der Waals surface area contributed by atoms with Gasteiger partial charge in [-0.05, 0) is 50.9 Å². The molecule has 1 aromatic carbocycles. The molecule has 0 saturated carbocycles. The van der Waals surface area contributed by atoms with Crippen molar-refractivity contribution in [2.24, 2.45) is 0 Å². The SMILES string of the molecule is CCCN(Cc1nc(-c2cccc(C(F)(F)F)c2)oc1C)CC1CCCO1. The number of alkyl halides is 3. The topological polar surface area (TPSA) is 38.5 Å². The monoisotopic (exact) mass is 382 g/mol. The Morgan fingerprint density at radius 2 is 2.11 bits per heavy atom. The number of benzene rings is 1. The Bertz CT molecular complexity index is 752. The zero-order valence-electron chi connectivity index (χ0n) is 15.7. The van der Waals surface area contributed by atoms with E-state index in [0.29, 0.717) is 17.9 Å². The highest BCUT2D eigenvalue weighted by Crippen LogP contribution is 2.32. The largest absolute Gasteiger partial charge is 0.441 e. The Morgan fingerprint density at radius 3 is 2.78 bits per heavy atom. The van der Waals surface area contributed by atoms with E-state index in [9.17, 15) is 13.2 Å². The van der Waals surface area contributed by atoms with Crippen LogP contribution in [0.5, 0.6) is 0 Å². The van der Waals surface area contributed by atoms with Crippen LogP contribution in [0.4, 0.5) is 13.2 Å². The summed E-state index contributed by atoms with van der Waals surface area (Å²) in [6.45, 7) is 7.07. The number of ether oxygens (including phenoxy) is 1. The molecule has 0 radical (unpaired) electrons. The van der Waals surface area contributed by atoms with Gasteiger partial charge in [0.15, 0.2) is 0 Å². The van der Waals surface area contributed by atoms with Gasteiger partial charge in [-0.2, -0.15) is 13.2 Å². The predicted octanol–water partition coefficient (Wildman–Crippen LogP) is 5.06. The summed E-state index contributed by atoms with van der Waals surface area (Å²) in [6, 6.07) is 5.08. The molecular weight excluding hydrogens is 357 g/mol. The van der Waals surface area contributed by atoms with Crippen LogP contribution in [0.3, 0.4) is 0 Å². The molecule has 0 amide bonds. The lowest BCUT2D eigenvalue weighted by atomic mass is 10.1. The third-order valence-corrected chi connectivity index (χ3v) is 4.73. The Hall–Kier alpha value is -1.86. The molecule has 0 aliphatic carbocycles. The van der Waals surface area contributed by atoms with Gasteiger partial charge in [0.05, 0.1) is 17.4 Å². The summed E-state index contributed by atoms with van der Waals surface area (Å²) < 4.78 is 50.3. The molecule has 7 heteroatoms. The average molecular weight is 382 g/mol. The van der Waals surface area contributed by atoms with E-state index in [-0.39, 0.29) is 12.0 Å². The van der Waals surface area contributed by atoms with Gasteiger partial charge in [-0.3, -0.25) is 4.90 Å². The molecule has 1 aliphatic heterocycles. The lowest BCUT2D eigenvalue weighted by molar-refractivity contribution is -0.137. The second-order valence-electron chi connectivity index (χ2n) is 6.97. The van der Waals surface area contributed by atoms with Gasteiger partial charge in [0.2, 0.25) is 5.89 Å². The molecule has 3 rings (SSSR count). The van der Waals surface area contributed by atoms with Crippen molar-refractivity contribution < 1.29 is 22.3 Å². The quantitative estimate of drug-likeness (QED) is 0.671. The maximum Gasteiger partial charge on any atom is 0.416 e. The van der Waals surface area contributed by atoms with Crippen LogP contribution in [0.1, 0.15) is 43.2 Å². The van der Waals surface area contributed by atoms with E-state index >= 15 is 0 Å². The van der Waals surface area contributed by atoms with E-state index in [1.807, 2.05) is 0 Å². The first-order chi connectivity index (χ1) is 12.9. The smallest absolute Gasteiger partial charge is 0.416 e. The molecule has 0 spiro atoms. The summed E-state index contributed by atoms with van der Waals surface area (Å²) in [5, 5.41) is 0. The van der Waals surface area contributed by atoms with Crippen LogP contribution < -0.4 is 0 Å². The summed E-state index contributed by atoms with van der Waals surface area (Å²) in [7, 11) is 0. The molecule has 1 aromatic heterocycles. The molecule has 1 fully saturated rings. The maximum atomic E-state index is 12.9. The molecule has 4 nitrogen and oxygen atoms in total. The van der Waals surface area contributed by atoms with E-state index in [1.165, 1.54) is 6.07 Å². The number of aryl methyl sites for hydroxylation is 1. The zero-order chi connectivity index (χ0) is 19.4. The fourth-order valence-electron chi connectivity index (χ4n) is 3.37. The van der Waals surface area contributed by atoms with Crippen molar-refractivity contribution in [1.82, 2.24) is 9.88 Å². The maximum absolute atomic E-state index is 12.9. The highest BCUT2D eigenvalue weighted by Gasteiger charge is 2.31.